The molecule has 0 amide bonds. The van der Waals surface area contributed by atoms with Crippen molar-refractivity contribution in [1.29, 1.82) is 0 Å². The number of hydrogen-bond donors (Lipinski definition) is 1. The summed E-state index contributed by atoms with van der Waals surface area (Å²) < 4.78 is 4.69. The summed E-state index contributed by atoms with van der Waals surface area (Å²) in [6, 6.07) is 0. The average Bonchev–Trinajstić information content (AvgIpc) is 2.01. The van der Waals surface area contributed by atoms with Crippen molar-refractivity contribution < 1.29 is 14.6 Å². The molecule has 3 heteroatoms. The molecule has 0 heterocycles. The Kier molecular flexibility index (Phi) is 5.84. The van der Waals surface area contributed by atoms with Gasteiger partial charge in [-0.25, -0.2) is 0 Å². The number of rotatable bonds is 5. The first-order valence-corrected chi connectivity index (χ1v) is 4.04. The van der Waals surface area contributed by atoms with E-state index in [2.05, 4.69) is 4.74 Å². The number of aliphatic hydroxyl groups is 1. The van der Waals surface area contributed by atoms with E-state index in [4.69, 9.17) is 5.11 Å². The third kappa shape index (κ3) is 5.85. The van der Waals surface area contributed by atoms with Crippen molar-refractivity contribution in [2.45, 2.75) is 39.2 Å². The second kappa shape index (κ2) is 6.16. The maximum atomic E-state index is 10.7. The van der Waals surface area contributed by atoms with Crippen LogP contribution in [0.3, 0.4) is 0 Å². The predicted molar refractivity (Wildman–Crippen MR) is 42.2 cm³/mol. The fourth-order valence-electron chi connectivity index (χ4n) is 0.722. The molecule has 0 aromatic heterocycles. The van der Waals surface area contributed by atoms with Crippen molar-refractivity contribution in [3.8, 4) is 0 Å². The molecule has 66 valence electrons. The molecule has 0 spiro atoms. The number of ether oxygens (including phenoxy) is 1. The van der Waals surface area contributed by atoms with Crippen LogP contribution in [0.2, 0.25) is 0 Å². The fourth-order valence-corrected chi connectivity index (χ4v) is 0.722. The zero-order chi connectivity index (χ0) is 8.69. The van der Waals surface area contributed by atoms with E-state index in [9.17, 15) is 4.79 Å². The highest BCUT2D eigenvalue weighted by Gasteiger charge is 2.05. The van der Waals surface area contributed by atoms with Gasteiger partial charge in [0.2, 0.25) is 0 Å². The van der Waals surface area contributed by atoms with Crippen molar-refractivity contribution >= 4 is 5.97 Å². The normalized spacial score (nSPS) is 12.6. The standard InChI is InChI=1S/C8H16O3/c1-3-7(9)5-6-8(10)11-4-2/h7,9H,3-6H2,1-2H3. The Morgan fingerprint density at radius 2 is 2.18 bits per heavy atom. The van der Waals surface area contributed by atoms with Crippen molar-refractivity contribution in [2.75, 3.05) is 6.61 Å². The van der Waals surface area contributed by atoms with E-state index in [1.165, 1.54) is 0 Å². The summed E-state index contributed by atoms with van der Waals surface area (Å²) in [6.07, 6.45) is 1.16. The lowest BCUT2D eigenvalue weighted by Crippen LogP contribution is -2.10. The molecule has 0 fully saturated rings. The number of aliphatic hydroxyl groups excluding tert-OH is 1. The molecule has 1 atom stereocenters. The maximum absolute atomic E-state index is 10.7. The van der Waals surface area contributed by atoms with Gasteiger partial charge in [-0.15, -0.1) is 0 Å². The van der Waals surface area contributed by atoms with Gasteiger partial charge in [0.25, 0.3) is 0 Å². The molecule has 0 radical (unpaired) electrons. The first-order chi connectivity index (χ1) is 5.20. The van der Waals surface area contributed by atoms with Crippen LogP contribution in [0, 0.1) is 0 Å². The lowest BCUT2D eigenvalue weighted by atomic mass is 10.1. The second-order valence-electron chi connectivity index (χ2n) is 2.41. The van der Waals surface area contributed by atoms with Gasteiger partial charge in [-0.1, -0.05) is 6.92 Å². The van der Waals surface area contributed by atoms with E-state index < -0.39 is 0 Å². The van der Waals surface area contributed by atoms with Crippen LogP contribution in [-0.4, -0.2) is 23.8 Å². The van der Waals surface area contributed by atoms with Crippen molar-refractivity contribution in [3.05, 3.63) is 0 Å². The number of carbonyl (C=O) groups is 1. The van der Waals surface area contributed by atoms with Crippen molar-refractivity contribution in [3.63, 3.8) is 0 Å². The van der Waals surface area contributed by atoms with Gasteiger partial charge in [-0.3, -0.25) is 4.79 Å². The summed E-state index contributed by atoms with van der Waals surface area (Å²) >= 11 is 0. The van der Waals surface area contributed by atoms with Gasteiger partial charge in [-0.2, -0.15) is 0 Å². The topological polar surface area (TPSA) is 46.5 Å². The summed E-state index contributed by atoms with van der Waals surface area (Å²) in [5.41, 5.74) is 0. The number of hydrogen-bond acceptors (Lipinski definition) is 3. The molecule has 0 saturated carbocycles. The highest BCUT2D eigenvalue weighted by molar-refractivity contribution is 5.69. The SMILES string of the molecule is CCOC(=O)CCC(O)CC. The van der Waals surface area contributed by atoms with Gasteiger partial charge >= 0.3 is 5.97 Å². The van der Waals surface area contributed by atoms with E-state index in [1.807, 2.05) is 6.92 Å². The van der Waals surface area contributed by atoms with Gasteiger partial charge in [-0.05, 0) is 19.8 Å². The fraction of sp³-hybridized carbons (Fsp3) is 0.875. The molecule has 0 aliphatic heterocycles. The van der Waals surface area contributed by atoms with E-state index in [0.717, 1.165) is 0 Å². The van der Waals surface area contributed by atoms with Crippen molar-refractivity contribution in [2.24, 2.45) is 0 Å². The summed E-state index contributed by atoms with van der Waals surface area (Å²) in [6.45, 7) is 4.07. The molecule has 3 nitrogen and oxygen atoms in total. The number of carbonyl (C=O) groups excluding carboxylic acids is 1. The lowest BCUT2D eigenvalue weighted by molar-refractivity contribution is -0.143. The molecular weight excluding hydrogens is 144 g/mol. The van der Waals surface area contributed by atoms with Crippen LogP contribution in [0.15, 0.2) is 0 Å². The Bertz CT molecular complexity index is 112. The van der Waals surface area contributed by atoms with Crippen molar-refractivity contribution in [1.82, 2.24) is 0 Å². The molecular formula is C8H16O3. The zero-order valence-electron chi connectivity index (χ0n) is 7.17. The van der Waals surface area contributed by atoms with E-state index in [0.29, 0.717) is 25.9 Å². The van der Waals surface area contributed by atoms with Crippen LogP contribution >= 0.6 is 0 Å². The monoisotopic (exact) mass is 160 g/mol. The summed E-state index contributed by atoms with van der Waals surface area (Å²) in [4.78, 5) is 10.7. The Labute approximate surface area is 67.4 Å². The van der Waals surface area contributed by atoms with E-state index in [-0.39, 0.29) is 12.1 Å². The number of esters is 1. The Morgan fingerprint density at radius 1 is 1.55 bits per heavy atom. The minimum Gasteiger partial charge on any atom is -0.466 e. The van der Waals surface area contributed by atoms with Gasteiger partial charge in [0.15, 0.2) is 0 Å². The van der Waals surface area contributed by atoms with Crippen LogP contribution in [0.4, 0.5) is 0 Å². The van der Waals surface area contributed by atoms with Crippen LogP contribution in [-0.2, 0) is 9.53 Å². The maximum Gasteiger partial charge on any atom is 0.305 e. The molecule has 1 N–H and O–H groups in total. The molecule has 0 saturated heterocycles. The Balaban J connectivity index is 3.30. The van der Waals surface area contributed by atoms with E-state index in [1.54, 1.807) is 6.92 Å². The zero-order valence-corrected chi connectivity index (χ0v) is 7.17. The minimum atomic E-state index is -0.362. The summed E-state index contributed by atoms with van der Waals surface area (Å²) in [5, 5.41) is 9.07. The molecule has 0 bridgehead atoms. The van der Waals surface area contributed by atoms with Crippen LogP contribution in [0.1, 0.15) is 33.1 Å². The molecule has 0 rings (SSSR count). The Morgan fingerprint density at radius 3 is 2.64 bits per heavy atom. The van der Waals surface area contributed by atoms with Gasteiger partial charge in [0.05, 0.1) is 12.7 Å². The van der Waals surface area contributed by atoms with Gasteiger partial charge in [0.1, 0.15) is 0 Å². The lowest BCUT2D eigenvalue weighted by Gasteiger charge is -2.05. The molecule has 0 aromatic rings. The molecule has 1 unspecified atom stereocenters. The first-order valence-electron chi connectivity index (χ1n) is 4.04. The molecule has 0 aromatic carbocycles. The summed E-state index contributed by atoms with van der Waals surface area (Å²) in [7, 11) is 0. The molecule has 11 heavy (non-hydrogen) atoms. The van der Waals surface area contributed by atoms with Crippen LogP contribution in [0.25, 0.3) is 0 Å². The minimum absolute atomic E-state index is 0.222. The smallest absolute Gasteiger partial charge is 0.305 e. The highest BCUT2D eigenvalue weighted by atomic mass is 16.5. The molecule has 0 aliphatic rings. The Hall–Kier alpha value is -0.570. The van der Waals surface area contributed by atoms with E-state index >= 15 is 0 Å². The second-order valence-corrected chi connectivity index (χ2v) is 2.41. The third-order valence-corrected chi connectivity index (χ3v) is 1.46. The largest absolute Gasteiger partial charge is 0.466 e. The van der Waals surface area contributed by atoms with Gasteiger partial charge in [0, 0.05) is 6.42 Å². The average molecular weight is 160 g/mol. The van der Waals surface area contributed by atoms with Crippen LogP contribution in [0.5, 0.6) is 0 Å². The highest BCUT2D eigenvalue weighted by Crippen LogP contribution is 2.01. The van der Waals surface area contributed by atoms with Gasteiger partial charge < -0.3 is 9.84 Å². The predicted octanol–water partition coefficient (Wildman–Crippen LogP) is 1.10. The van der Waals surface area contributed by atoms with Crippen LogP contribution < -0.4 is 0 Å². The summed E-state index contributed by atoms with van der Waals surface area (Å²) in [5.74, 6) is -0.222. The first kappa shape index (κ1) is 10.4. The third-order valence-electron chi connectivity index (χ3n) is 1.46. The molecule has 0 aliphatic carbocycles. The quantitative estimate of drug-likeness (QED) is 0.612.